The number of nitrogens with zero attached hydrogens (tertiary/aromatic N) is 2. The van der Waals surface area contributed by atoms with Gasteiger partial charge in [-0.2, -0.15) is 0 Å². The summed E-state index contributed by atoms with van der Waals surface area (Å²) in [6.45, 7) is 6.57. The molecule has 65 heavy (non-hydrogen) atoms. The fourth-order valence-corrected chi connectivity index (χ4v) is 9.68. The maximum Gasteiger partial charge on any atom is 0.417 e. The van der Waals surface area contributed by atoms with Crippen molar-refractivity contribution in [2.75, 3.05) is 78.9 Å². The highest BCUT2D eigenvalue weighted by Gasteiger charge is 2.65. The number of oxime groups is 1. The van der Waals surface area contributed by atoms with Crippen LogP contribution >= 0.6 is 0 Å². The first-order valence-corrected chi connectivity index (χ1v) is 22.9. The standard InChI is InChI=1S/C48H67N3O14/c1-5-24-62-48-42(51(47(56)60-6-2)20-26-59-27-23-54)31-39(50-65-43-15-9-12-25-61-43)36-28-32(13-7-10-21-52)35(14-8-11-22-53)44(45(36)48)37-29-34(17-19-40(37)64-48)63-46(55)49-38-18-16-33(57-3)30-41(38)58-4/h5,16-19,28-30,32,35,42-45,52-54H,1,6-15,20-27,31H2,2-4H3,(H,49,55)/t32-,35+,42-,43?,44+,45+,48+/m0/s1. The van der Waals surface area contributed by atoms with Crippen molar-refractivity contribution in [2.24, 2.45) is 22.9 Å². The number of fused-ring (bicyclic) bond motifs is 2. The molecular formula is C48H67N3O14. The second-order valence-electron chi connectivity index (χ2n) is 16.5. The smallest absolute Gasteiger partial charge is 0.417 e. The Bertz CT molecular complexity index is 1940. The molecule has 6 rings (SSSR count). The van der Waals surface area contributed by atoms with E-state index in [4.69, 9.17) is 47.9 Å². The number of unbranched alkanes of at least 4 members (excludes halogenated alkanes) is 2. The van der Waals surface area contributed by atoms with Crippen LogP contribution in [0.4, 0.5) is 15.3 Å². The lowest BCUT2D eigenvalue weighted by Gasteiger charge is -2.59. The summed E-state index contributed by atoms with van der Waals surface area (Å²) in [4.78, 5) is 35.6. The van der Waals surface area contributed by atoms with Gasteiger partial charge in [0.1, 0.15) is 29.0 Å². The Hall–Kier alpha value is -4.91. The minimum absolute atomic E-state index is 0.0293. The molecule has 2 aliphatic heterocycles. The number of anilines is 1. The fourth-order valence-electron chi connectivity index (χ4n) is 9.68. The van der Waals surface area contributed by atoms with E-state index >= 15 is 0 Å². The molecule has 0 bridgehead atoms. The van der Waals surface area contributed by atoms with Crippen LogP contribution in [0.1, 0.15) is 82.6 Å². The van der Waals surface area contributed by atoms with Crippen LogP contribution in [0, 0.1) is 17.8 Å². The van der Waals surface area contributed by atoms with Gasteiger partial charge in [0, 0.05) is 50.1 Å². The van der Waals surface area contributed by atoms with Gasteiger partial charge in [-0.3, -0.25) is 10.2 Å². The maximum atomic E-state index is 14.2. The van der Waals surface area contributed by atoms with E-state index < -0.39 is 36.2 Å². The van der Waals surface area contributed by atoms with Crippen molar-refractivity contribution in [2.45, 2.75) is 95.2 Å². The van der Waals surface area contributed by atoms with E-state index in [2.05, 4.69) is 18.0 Å². The number of benzene rings is 2. The lowest BCUT2D eigenvalue weighted by atomic mass is 9.55. The Kier molecular flexibility index (Phi) is 18.7. The molecule has 2 heterocycles. The number of rotatable bonds is 24. The van der Waals surface area contributed by atoms with E-state index in [9.17, 15) is 24.9 Å². The van der Waals surface area contributed by atoms with Crippen molar-refractivity contribution in [3.05, 3.63) is 66.3 Å². The number of carbonyl (C=O) groups excluding carboxylic acids is 2. The molecule has 2 aromatic rings. The number of nitrogens with one attached hydrogen (secondary N) is 1. The molecule has 1 saturated carbocycles. The van der Waals surface area contributed by atoms with E-state index in [0.717, 1.165) is 36.8 Å². The van der Waals surface area contributed by atoms with Crippen molar-refractivity contribution in [3.8, 4) is 23.0 Å². The predicted octanol–water partition coefficient (Wildman–Crippen LogP) is 6.94. The monoisotopic (exact) mass is 909 g/mol. The Morgan fingerprint density at radius 3 is 2.49 bits per heavy atom. The lowest BCUT2D eigenvalue weighted by molar-refractivity contribution is -0.256. The molecule has 0 aromatic heterocycles. The van der Waals surface area contributed by atoms with Crippen LogP contribution in [0.15, 0.2) is 65.9 Å². The SMILES string of the molecule is C=CCO[C@@]12Oc3ccc(OC(=O)Nc4ccc(OC)cc4OC)cc3[C@H]3[C@H](CCCCO)[C@@H](CCCCO)C=C(C(=NOC4CCCCO4)C[C@@H]1N(CCOCCO)C(=O)OCC)[C@H]32. The Morgan fingerprint density at radius 1 is 0.985 bits per heavy atom. The summed E-state index contributed by atoms with van der Waals surface area (Å²) in [6.07, 6.45) is 8.77. The van der Waals surface area contributed by atoms with E-state index in [1.165, 1.54) is 7.11 Å². The van der Waals surface area contributed by atoms with Crippen molar-refractivity contribution in [3.63, 3.8) is 0 Å². The maximum absolute atomic E-state index is 14.2. The highest BCUT2D eigenvalue weighted by Crippen LogP contribution is 2.62. The number of allylic oxidation sites excluding steroid dienone is 1. The summed E-state index contributed by atoms with van der Waals surface area (Å²) in [5.41, 5.74) is 2.57. The second kappa shape index (κ2) is 24.6. The van der Waals surface area contributed by atoms with Gasteiger partial charge in [0.2, 0.25) is 12.1 Å². The van der Waals surface area contributed by atoms with Gasteiger partial charge >= 0.3 is 12.2 Å². The molecule has 1 unspecified atom stereocenters. The lowest BCUT2D eigenvalue weighted by Crippen LogP contribution is -2.70. The highest BCUT2D eigenvalue weighted by molar-refractivity contribution is 6.03. The van der Waals surface area contributed by atoms with Gasteiger partial charge in [-0.25, -0.2) is 9.59 Å². The van der Waals surface area contributed by atoms with Crippen LogP contribution in [0.25, 0.3) is 0 Å². The summed E-state index contributed by atoms with van der Waals surface area (Å²) in [5.74, 6) is -1.01. The molecule has 2 fully saturated rings. The quantitative estimate of drug-likeness (QED) is 0.0479. The van der Waals surface area contributed by atoms with E-state index in [1.807, 2.05) is 6.07 Å². The van der Waals surface area contributed by atoms with Crippen molar-refractivity contribution in [1.82, 2.24) is 4.90 Å². The van der Waals surface area contributed by atoms with Gasteiger partial charge in [0.25, 0.3) is 0 Å². The number of hydrogen-bond acceptors (Lipinski definition) is 15. The minimum Gasteiger partial charge on any atom is -0.497 e. The van der Waals surface area contributed by atoms with E-state index in [0.29, 0.717) is 67.4 Å². The molecule has 17 heteroatoms. The molecule has 2 aromatic carbocycles. The number of methoxy groups -OCH3 is 2. The van der Waals surface area contributed by atoms with Gasteiger partial charge in [-0.05, 0) is 93.2 Å². The summed E-state index contributed by atoms with van der Waals surface area (Å²) >= 11 is 0. The first-order chi connectivity index (χ1) is 31.7. The number of aliphatic hydroxyl groups excluding tert-OH is 3. The van der Waals surface area contributed by atoms with E-state index in [1.54, 1.807) is 55.3 Å². The van der Waals surface area contributed by atoms with Gasteiger partial charge in [-0.15, -0.1) is 6.58 Å². The van der Waals surface area contributed by atoms with E-state index in [-0.39, 0.29) is 82.7 Å². The minimum atomic E-state index is -1.56. The molecule has 358 valence electrons. The summed E-state index contributed by atoms with van der Waals surface area (Å²) < 4.78 is 48.4. The summed E-state index contributed by atoms with van der Waals surface area (Å²) in [5, 5.41) is 37.1. The normalized spacial score (nSPS) is 25.0. The number of carbonyl (C=O) groups is 2. The zero-order chi connectivity index (χ0) is 46.2. The molecule has 7 atom stereocenters. The molecule has 0 spiro atoms. The van der Waals surface area contributed by atoms with Crippen molar-refractivity contribution >= 4 is 23.6 Å². The van der Waals surface area contributed by atoms with Crippen LogP contribution in [0.3, 0.4) is 0 Å². The predicted molar refractivity (Wildman–Crippen MR) is 240 cm³/mol. The zero-order valence-corrected chi connectivity index (χ0v) is 38.0. The Morgan fingerprint density at radius 2 is 1.78 bits per heavy atom. The summed E-state index contributed by atoms with van der Waals surface area (Å²) in [6, 6.07) is 9.39. The molecule has 4 N–H and O–H groups in total. The molecule has 1 saturated heterocycles. The number of aliphatic hydroxyl groups is 3. The Balaban J connectivity index is 1.53. The van der Waals surface area contributed by atoms with Crippen molar-refractivity contribution < 1.29 is 67.6 Å². The molecule has 4 aliphatic rings. The third-order valence-corrected chi connectivity index (χ3v) is 12.5. The number of amides is 2. The van der Waals surface area contributed by atoms with Crippen LogP contribution in [0.2, 0.25) is 0 Å². The molecule has 0 radical (unpaired) electrons. The molecule has 2 amide bonds. The average Bonchev–Trinajstić information content (AvgIpc) is 3.32. The third kappa shape index (κ3) is 11.9. The van der Waals surface area contributed by atoms with Crippen LogP contribution < -0.4 is 24.3 Å². The van der Waals surface area contributed by atoms with Crippen LogP contribution in [0.5, 0.6) is 23.0 Å². The molecule has 17 nitrogen and oxygen atoms in total. The van der Waals surface area contributed by atoms with Crippen LogP contribution in [-0.4, -0.2) is 130 Å². The topological polar surface area (TPSA) is 206 Å². The molecular weight excluding hydrogens is 843 g/mol. The molecule has 2 aliphatic carbocycles. The second-order valence-corrected chi connectivity index (χ2v) is 16.5. The van der Waals surface area contributed by atoms with Crippen LogP contribution in [-0.2, 0) is 23.8 Å². The van der Waals surface area contributed by atoms with Gasteiger partial charge < -0.3 is 58.1 Å². The first kappa shape index (κ1) is 49.5. The first-order valence-electron chi connectivity index (χ1n) is 22.9. The third-order valence-electron chi connectivity index (χ3n) is 12.5. The van der Waals surface area contributed by atoms with Gasteiger partial charge in [0.05, 0.1) is 71.2 Å². The summed E-state index contributed by atoms with van der Waals surface area (Å²) in [7, 11) is 3.03. The van der Waals surface area contributed by atoms with Gasteiger partial charge in [-0.1, -0.05) is 30.1 Å². The fraction of sp³-hybridized carbons (Fsp3) is 0.604. The van der Waals surface area contributed by atoms with Crippen molar-refractivity contribution in [1.29, 1.82) is 0 Å². The van der Waals surface area contributed by atoms with Gasteiger partial charge in [0.15, 0.2) is 0 Å². The average molecular weight is 910 g/mol. The highest BCUT2D eigenvalue weighted by atomic mass is 16.8. The Labute approximate surface area is 381 Å². The number of ether oxygens (including phenoxy) is 8. The largest absolute Gasteiger partial charge is 0.497 e. The zero-order valence-electron chi connectivity index (χ0n) is 38.0. The number of hydrogen-bond donors (Lipinski definition) is 4.